The average Bonchev–Trinajstić information content (AvgIpc) is 2.02. The van der Waals surface area contributed by atoms with E-state index in [0.717, 1.165) is 19.3 Å². The highest BCUT2D eigenvalue weighted by Gasteiger charge is 2.41. The van der Waals surface area contributed by atoms with Gasteiger partial charge in [0, 0.05) is 0 Å². The van der Waals surface area contributed by atoms with E-state index in [1.807, 2.05) is 6.08 Å². The highest BCUT2D eigenvalue weighted by Crippen LogP contribution is 2.39. The predicted molar refractivity (Wildman–Crippen MR) is 58.1 cm³/mol. The van der Waals surface area contributed by atoms with Crippen molar-refractivity contribution < 1.29 is 10.1 Å². The van der Waals surface area contributed by atoms with Crippen molar-refractivity contribution >= 4 is 0 Å². The fraction of sp³-hybridized carbons (Fsp3) is 0.833. The molecule has 0 aromatic heterocycles. The Balaban J connectivity index is 2.88. The number of allylic oxidation sites excluding steroid dienone is 1. The molecule has 0 heterocycles. The first-order valence-electron chi connectivity index (χ1n) is 5.52. The summed E-state index contributed by atoms with van der Waals surface area (Å²) in [6.07, 6.45) is 9.80. The third kappa shape index (κ3) is 2.37. The van der Waals surface area contributed by atoms with E-state index in [9.17, 15) is 0 Å². The summed E-state index contributed by atoms with van der Waals surface area (Å²) < 4.78 is 0. The number of rotatable bonds is 1. The minimum atomic E-state index is -0.493. The van der Waals surface area contributed by atoms with Gasteiger partial charge in [-0.25, -0.2) is 4.89 Å². The SMILES string of the molecule is CC(C)(C)C1(OO)/C=C\CCCCC1. The molecule has 0 aliphatic heterocycles. The van der Waals surface area contributed by atoms with Crippen LogP contribution in [0.1, 0.15) is 52.9 Å². The largest absolute Gasteiger partial charge is 0.251 e. The summed E-state index contributed by atoms with van der Waals surface area (Å²) in [6, 6.07) is 0. The maximum atomic E-state index is 9.14. The van der Waals surface area contributed by atoms with Gasteiger partial charge in [-0.2, -0.15) is 0 Å². The van der Waals surface area contributed by atoms with Crippen LogP contribution in [-0.4, -0.2) is 10.9 Å². The molecule has 1 atom stereocenters. The lowest BCUT2D eigenvalue weighted by atomic mass is 9.72. The minimum absolute atomic E-state index is 0.0599. The summed E-state index contributed by atoms with van der Waals surface area (Å²) in [7, 11) is 0. The third-order valence-electron chi connectivity index (χ3n) is 3.24. The second-order valence-electron chi connectivity index (χ2n) is 5.23. The molecule has 1 N–H and O–H groups in total. The molecule has 1 rings (SSSR count). The van der Waals surface area contributed by atoms with E-state index in [2.05, 4.69) is 26.8 Å². The van der Waals surface area contributed by atoms with Crippen molar-refractivity contribution in [3.63, 3.8) is 0 Å². The number of hydrogen-bond acceptors (Lipinski definition) is 2. The molecule has 0 aromatic rings. The highest BCUT2D eigenvalue weighted by atomic mass is 17.1. The van der Waals surface area contributed by atoms with Crippen molar-refractivity contribution in [1.29, 1.82) is 0 Å². The molecule has 0 spiro atoms. The molecule has 1 aliphatic carbocycles. The normalized spacial score (nSPS) is 32.0. The molecule has 0 aromatic carbocycles. The molecule has 2 heteroatoms. The van der Waals surface area contributed by atoms with Gasteiger partial charge in [-0.3, -0.25) is 5.26 Å². The first-order chi connectivity index (χ1) is 6.52. The molecule has 82 valence electrons. The van der Waals surface area contributed by atoms with Crippen molar-refractivity contribution in [3.05, 3.63) is 12.2 Å². The van der Waals surface area contributed by atoms with Crippen molar-refractivity contribution in [3.8, 4) is 0 Å². The Morgan fingerprint density at radius 1 is 1.21 bits per heavy atom. The standard InChI is InChI=1S/C12H22O2/c1-11(2,3)12(14-13)9-7-5-4-6-8-10-12/h7,9,13H,4-6,8,10H2,1-3H3/b9-7-. The predicted octanol–water partition coefficient (Wildman–Crippen LogP) is 3.78. The average molecular weight is 198 g/mol. The van der Waals surface area contributed by atoms with Gasteiger partial charge < -0.3 is 0 Å². The second-order valence-corrected chi connectivity index (χ2v) is 5.23. The molecule has 14 heavy (non-hydrogen) atoms. The molecule has 1 aliphatic rings. The second kappa shape index (κ2) is 4.45. The molecule has 2 nitrogen and oxygen atoms in total. The Bertz CT molecular complexity index is 203. The van der Waals surface area contributed by atoms with Crippen molar-refractivity contribution in [1.82, 2.24) is 0 Å². The zero-order valence-corrected chi connectivity index (χ0v) is 9.55. The smallest absolute Gasteiger partial charge is 0.126 e. The van der Waals surface area contributed by atoms with Crippen LogP contribution in [0.2, 0.25) is 0 Å². The Hall–Kier alpha value is -0.340. The molecule has 1 unspecified atom stereocenters. The van der Waals surface area contributed by atoms with E-state index in [1.165, 1.54) is 12.8 Å². The number of hydrogen-bond donors (Lipinski definition) is 1. The molecule has 0 radical (unpaired) electrons. The van der Waals surface area contributed by atoms with Gasteiger partial charge in [0.25, 0.3) is 0 Å². The molecule has 0 amide bonds. The molecular formula is C12H22O2. The van der Waals surface area contributed by atoms with Gasteiger partial charge in [0.15, 0.2) is 0 Å². The first-order valence-corrected chi connectivity index (χ1v) is 5.52. The van der Waals surface area contributed by atoms with Gasteiger partial charge in [0.1, 0.15) is 5.60 Å². The molecular weight excluding hydrogens is 176 g/mol. The summed E-state index contributed by atoms with van der Waals surface area (Å²) in [4.78, 5) is 4.79. The zero-order chi connectivity index (χ0) is 10.7. The Labute approximate surface area is 86.9 Å². The van der Waals surface area contributed by atoms with Gasteiger partial charge in [-0.05, 0) is 24.7 Å². The highest BCUT2D eigenvalue weighted by molar-refractivity contribution is 5.08. The fourth-order valence-corrected chi connectivity index (χ4v) is 2.02. The summed E-state index contributed by atoms with van der Waals surface area (Å²) in [5, 5.41) is 9.14. The fourth-order valence-electron chi connectivity index (χ4n) is 2.02. The van der Waals surface area contributed by atoms with Crippen LogP contribution < -0.4 is 0 Å². The summed E-state index contributed by atoms with van der Waals surface area (Å²) in [5.74, 6) is 0. The van der Waals surface area contributed by atoms with Crippen LogP contribution in [-0.2, 0) is 4.89 Å². The lowest BCUT2D eigenvalue weighted by Crippen LogP contribution is -2.43. The van der Waals surface area contributed by atoms with Crippen LogP contribution in [0.15, 0.2) is 12.2 Å². The van der Waals surface area contributed by atoms with E-state index in [-0.39, 0.29) is 5.41 Å². The first kappa shape index (κ1) is 11.7. The molecule has 0 bridgehead atoms. The maximum Gasteiger partial charge on any atom is 0.126 e. The molecule has 0 fully saturated rings. The van der Waals surface area contributed by atoms with Crippen LogP contribution in [0, 0.1) is 5.41 Å². The van der Waals surface area contributed by atoms with Gasteiger partial charge >= 0.3 is 0 Å². The Morgan fingerprint density at radius 2 is 1.93 bits per heavy atom. The van der Waals surface area contributed by atoms with E-state index in [4.69, 9.17) is 10.1 Å². The summed E-state index contributed by atoms with van der Waals surface area (Å²) in [5.41, 5.74) is -0.553. The van der Waals surface area contributed by atoms with E-state index in [0.29, 0.717) is 0 Å². The van der Waals surface area contributed by atoms with Crippen LogP contribution in [0.25, 0.3) is 0 Å². The van der Waals surface area contributed by atoms with Crippen LogP contribution in [0.5, 0.6) is 0 Å². The van der Waals surface area contributed by atoms with E-state index in [1.54, 1.807) is 0 Å². The van der Waals surface area contributed by atoms with Gasteiger partial charge in [-0.1, -0.05) is 45.8 Å². The molecule has 0 saturated heterocycles. The van der Waals surface area contributed by atoms with Gasteiger partial charge in [0.05, 0.1) is 0 Å². The van der Waals surface area contributed by atoms with E-state index >= 15 is 0 Å². The van der Waals surface area contributed by atoms with Crippen LogP contribution >= 0.6 is 0 Å². The quantitative estimate of drug-likeness (QED) is 0.394. The van der Waals surface area contributed by atoms with Crippen molar-refractivity contribution in [2.45, 2.75) is 58.5 Å². The van der Waals surface area contributed by atoms with Gasteiger partial charge in [-0.15, -0.1) is 0 Å². The maximum absolute atomic E-state index is 9.14. The third-order valence-corrected chi connectivity index (χ3v) is 3.24. The molecule has 0 saturated carbocycles. The summed E-state index contributed by atoms with van der Waals surface area (Å²) >= 11 is 0. The van der Waals surface area contributed by atoms with E-state index < -0.39 is 5.60 Å². The Kier molecular flexibility index (Phi) is 3.73. The monoisotopic (exact) mass is 198 g/mol. The Morgan fingerprint density at radius 3 is 2.50 bits per heavy atom. The van der Waals surface area contributed by atoms with Crippen LogP contribution in [0.4, 0.5) is 0 Å². The minimum Gasteiger partial charge on any atom is -0.251 e. The van der Waals surface area contributed by atoms with Crippen molar-refractivity contribution in [2.75, 3.05) is 0 Å². The lowest BCUT2D eigenvalue weighted by molar-refractivity contribution is -0.334. The van der Waals surface area contributed by atoms with Crippen LogP contribution in [0.3, 0.4) is 0 Å². The lowest BCUT2D eigenvalue weighted by Gasteiger charge is -2.40. The van der Waals surface area contributed by atoms with Crippen molar-refractivity contribution in [2.24, 2.45) is 5.41 Å². The summed E-state index contributed by atoms with van der Waals surface area (Å²) in [6.45, 7) is 6.32. The van der Waals surface area contributed by atoms with Gasteiger partial charge in [0.2, 0.25) is 0 Å². The topological polar surface area (TPSA) is 29.5 Å². The zero-order valence-electron chi connectivity index (χ0n) is 9.55.